The number of fused-ring (bicyclic) bond motifs is 1. The lowest BCUT2D eigenvalue weighted by Crippen LogP contribution is -2.23. The van der Waals surface area contributed by atoms with E-state index in [0.717, 1.165) is 30.8 Å². The van der Waals surface area contributed by atoms with Crippen LogP contribution in [0.2, 0.25) is 0 Å². The highest BCUT2D eigenvalue weighted by Crippen LogP contribution is 2.30. The van der Waals surface area contributed by atoms with Crippen molar-refractivity contribution in [1.82, 2.24) is 10.3 Å². The van der Waals surface area contributed by atoms with Gasteiger partial charge in [0.2, 0.25) is 0 Å². The van der Waals surface area contributed by atoms with Crippen molar-refractivity contribution in [2.45, 2.75) is 19.4 Å². The molecule has 1 N–H and O–H groups in total. The number of nitrogens with one attached hydrogen (secondary N) is 1. The molecule has 0 radical (unpaired) electrons. The first-order chi connectivity index (χ1) is 9.40. The summed E-state index contributed by atoms with van der Waals surface area (Å²) in [4.78, 5) is 4.42. The number of para-hydroxylation sites is 1. The van der Waals surface area contributed by atoms with Crippen molar-refractivity contribution in [3.8, 4) is 0 Å². The van der Waals surface area contributed by atoms with E-state index in [1.165, 1.54) is 10.9 Å². The molecule has 1 aliphatic rings. The van der Waals surface area contributed by atoms with Gasteiger partial charge >= 0.3 is 0 Å². The minimum atomic E-state index is 0.125. The van der Waals surface area contributed by atoms with Crippen LogP contribution in [0.25, 0.3) is 10.9 Å². The van der Waals surface area contributed by atoms with Crippen molar-refractivity contribution >= 4 is 10.9 Å². The maximum atomic E-state index is 5.75. The van der Waals surface area contributed by atoms with E-state index in [1.807, 2.05) is 18.3 Å². The average molecular weight is 254 g/mol. The Hall–Kier alpha value is -1.87. The molecule has 0 amide bonds. The molecule has 0 saturated heterocycles. The van der Waals surface area contributed by atoms with Crippen LogP contribution >= 0.6 is 0 Å². The Morgan fingerprint density at radius 3 is 3.00 bits per heavy atom. The summed E-state index contributed by atoms with van der Waals surface area (Å²) in [6.07, 6.45) is 5.06. The topological polar surface area (TPSA) is 34.1 Å². The molecule has 1 atom stereocenters. The lowest BCUT2D eigenvalue weighted by Gasteiger charge is -2.21. The Balaban J connectivity index is 2.09. The number of ether oxygens (including phenoxy) is 1. The minimum Gasteiger partial charge on any atom is -0.496 e. The van der Waals surface area contributed by atoms with E-state index < -0.39 is 0 Å². The molecule has 2 aromatic rings. The summed E-state index contributed by atoms with van der Waals surface area (Å²) in [5, 5.41) is 4.70. The van der Waals surface area contributed by atoms with E-state index in [2.05, 4.69) is 41.5 Å². The molecule has 1 unspecified atom stereocenters. The van der Waals surface area contributed by atoms with Crippen LogP contribution in [0.1, 0.15) is 24.9 Å². The van der Waals surface area contributed by atoms with E-state index in [0.29, 0.717) is 0 Å². The monoisotopic (exact) mass is 254 g/mol. The first-order valence-corrected chi connectivity index (χ1v) is 6.80. The summed E-state index contributed by atoms with van der Waals surface area (Å²) in [5.74, 6) is 1.04. The summed E-state index contributed by atoms with van der Waals surface area (Å²) < 4.78 is 5.75. The molecule has 1 aromatic heterocycles. The number of aromatic nitrogens is 1. The molecule has 0 bridgehead atoms. The molecule has 1 aliphatic heterocycles. The molecule has 3 heteroatoms. The second-order valence-corrected chi connectivity index (χ2v) is 4.65. The molecule has 19 heavy (non-hydrogen) atoms. The predicted octanol–water partition coefficient (Wildman–Crippen LogP) is 3.19. The number of hydrogen-bond acceptors (Lipinski definition) is 3. The van der Waals surface area contributed by atoms with Gasteiger partial charge in [0.1, 0.15) is 5.76 Å². The number of nitrogens with zero attached hydrogens (tertiary/aromatic N) is 1. The van der Waals surface area contributed by atoms with Gasteiger partial charge in [0.15, 0.2) is 0 Å². The van der Waals surface area contributed by atoms with Crippen molar-refractivity contribution in [3.05, 3.63) is 53.9 Å². The Bertz CT molecular complexity index is 601. The fourth-order valence-electron chi connectivity index (χ4n) is 2.58. The fraction of sp³-hybridized carbons (Fsp3) is 0.312. The first-order valence-electron chi connectivity index (χ1n) is 6.80. The Morgan fingerprint density at radius 1 is 1.32 bits per heavy atom. The number of likely N-dealkylation sites (N-methyl/N-ethyl adjacent to an activating group) is 1. The Morgan fingerprint density at radius 2 is 2.21 bits per heavy atom. The van der Waals surface area contributed by atoms with Gasteiger partial charge in [-0.2, -0.15) is 0 Å². The van der Waals surface area contributed by atoms with Gasteiger partial charge in [-0.25, -0.2) is 0 Å². The molecule has 0 aliphatic carbocycles. The molecular formula is C16H18N2O. The highest BCUT2D eigenvalue weighted by Gasteiger charge is 2.21. The summed E-state index contributed by atoms with van der Waals surface area (Å²) in [5.41, 5.74) is 2.27. The first kappa shape index (κ1) is 12.2. The van der Waals surface area contributed by atoms with E-state index in [1.54, 1.807) is 0 Å². The zero-order valence-electron chi connectivity index (χ0n) is 11.1. The largest absolute Gasteiger partial charge is 0.496 e. The zero-order valence-corrected chi connectivity index (χ0v) is 11.1. The smallest absolute Gasteiger partial charge is 0.114 e. The number of rotatable bonds is 4. The summed E-state index contributed by atoms with van der Waals surface area (Å²) >= 11 is 0. The fourth-order valence-corrected chi connectivity index (χ4v) is 2.58. The molecule has 3 nitrogen and oxygen atoms in total. The quantitative estimate of drug-likeness (QED) is 0.909. The van der Waals surface area contributed by atoms with Gasteiger partial charge < -0.3 is 10.1 Å². The van der Waals surface area contributed by atoms with Gasteiger partial charge in [-0.15, -0.1) is 0 Å². The highest BCUT2D eigenvalue weighted by atomic mass is 16.5. The third kappa shape index (κ3) is 2.34. The second-order valence-electron chi connectivity index (χ2n) is 4.65. The van der Waals surface area contributed by atoms with E-state index in [4.69, 9.17) is 4.74 Å². The molecule has 0 spiro atoms. The van der Waals surface area contributed by atoms with Crippen LogP contribution in [0.5, 0.6) is 0 Å². The second kappa shape index (κ2) is 5.41. The van der Waals surface area contributed by atoms with Gasteiger partial charge in [0, 0.05) is 18.0 Å². The van der Waals surface area contributed by atoms with Crippen LogP contribution in [0.3, 0.4) is 0 Å². The third-order valence-electron chi connectivity index (χ3n) is 3.42. The molecule has 98 valence electrons. The van der Waals surface area contributed by atoms with E-state index in [-0.39, 0.29) is 6.04 Å². The molecule has 3 rings (SSSR count). The van der Waals surface area contributed by atoms with Crippen molar-refractivity contribution in [2.24, 2.45) is 0 Å². The van der Waals surface area contributed by atoms with Crippen molar-refractivity contribution in [1.29, 1.82) is 0 Å². The van der Waals surface area contributed by atoms with E-state index >= 15 is 0 Å². The number of pyridine rings is 1. The molecule has 0 saturated carbocycles. The SMILES string of the molecule is CCNC(C1=CCCO1)c1ccnc2ccccc12. The maximum Gasteiger partial charge on any atom is 0.114 e. The minimum absolute atomic E-state index is 0.125. The maximum absolute atomic E-state index is 5.75. The summed E-state index contributed by atoms with van der Waals surface area (Å²) in [6.45, 7) is 3.81. The van der Waals surface area contributed by atoms with Crippen LogP contribution in [0.15, 0.2) is 48.4 Å². The molecule has 0 fully saturated rings. The summed E-state index contributed by atoms with van der Waals surface area (Å²) in [7, 11) is 0. The highest BCUT2D eigenvalue weighted by molar-refractivity contribution is 5.82. The van der Waals surface area contributed by atoms with Crippen LogP contribution in [-0.4, -0.2) is 18.1 Å². The van der Waals surface area contributed by atoms with Crippen molar-refractivity contribution in [2.75, 3.05) is 13.2 Å². The normalized spacial score (nSPS) is 16.2. The molecule has 2 heterocycles. The summed E-state index contributed by atoms with van der Waals surface area (Å²) in [6, 6.07) is 10.5. The van der Waals surface area contributed by atoms with Gasteiger partial charge in [0.25, 0.3) is 0 Å². The van der Waals surface area contributed by atoms with Crippen molar-refractivity contribution < 1.29 is 4.74 Å². The van der Waals surface area contributed by atoms with Crippen LogP contribution in [0, 0.1) is 0 Å². The predicted molar refractivity (Wildman–Crippen MR) is 76.8 cm³/mol. The van der Waals surface area contributed by atoms with Crippen LogP contribution < -0.4 is 5.32 Å². The van der Waals surface area contributed by atoms with Crippen LogP contribution in [0.4, 0.5) is 0 Å². The van der Waals surface area contributed by atoms with Gasteiger partial charge in [-0.05, 0) is 30.3 Å². The van der Waals surface area contributed by atoms with E-state index in [9.17, 15) is 0 Å². The molecule has 1 aromatic carbocycles. The Labute approximate surface area is 113 Å². The molecular weight excluding hydrogens is 236 g/mol. The zero-order chi connectivity index (χ0) is 13.1. The lowest BCUT2D eigenvalue weighted by atomic mass is 10.0. The van der Waals surface area contributed by atoms with Crippen LogP contribution in [-0.2, 0) is 4.74 Å². The number of benzene rings is 1. The van der Waals surface area contributed by atoms with Gasteiger partial charge in [0.05, 0.1) is 18.2 Å². The van der Waals surface area contributed by atoms with Crippen molar-refractivity contribution in [3.63, 3.8) is 0 Å². The van der Waals surface area contributed by atoms with Gasteiger partial charge in [-0.3, -0.25) is 4.98 Å². The average Bonchev–Trinajstić information content (AvgIpc) is 2.98. The third-order valence-corrected chi connectivity index (χ3v) is 3.42. The standard InChI is InChI=1S/C16H18N2O/c1-2-17-16(15-8-5-11-19-15)13-9-10-18-14-7-4-3-6-12(13)14/h3-4,6-10,16-17H,2,5,11H2,1H3. The lowest BCUT2D eigenvalue weighted by molar-refractivity contribution is 0.216. The van der Waals surface area contributed by atoms with Gasteiger partial charge in [-0.1, -0.05) is 25.1 Å². The Kier molecular flexibility index (Phi) is 3.47. The number of hydrogen-bond donors (Lipinski definition) is 1.